The summed E-state index contributed by atoms with van der Waals surface area (Å²) in [5, 5.41) is 2.66. The van der Waals surface area contributed by atoms with E-state index in [2.05, 4.69) is 10.4 Å². The summed E-state index contributed by atoms with van der Waals surface area (Å²) < 4.78 is 5.08. The Morgan fingerprint density at radius 1 is 1.31 bits per heavy atom. The van der Waals surface area contributed by atoms with E-state index in [0.717, 1.165) is 17.0 Å². The molecule has 6 heteroatoms. The van der Waals surface area contributed by atoms with E-state index >= 15 is 0 Å². The summed E-state index contributed by atoms with van der Waals surface area (Å²) in [6.07, 6.45) is 0. The maximum Gasteiger partial charge on any atom is 0.197 e. The second kappa shape index (κ2) is 5.69. The van der Waals surface area contributed by atoms with Crippen molar-refractivity contribution in [3.05, 3.63) is 29.6 Å². The molecule has 3 N–H and O–H groups in total. The van der Waals surface area contributed by atoms with Gasteiger partial charge >= 0.3 is 0 Å². The van der Waals surface area contributed by atoms with Crippen molar-refractivity contribution in [3.63, 3.8) is 0 Å². The first kappa shape index (κ1) is 12.8. The molecule has 16 heavy (non-hydrogen) atoms. The van der Waals surface area contributed by atoms with Crippen LogP contribution in [0.4, 0.5) is 5.13 Å². The van der Waals surface area contributed by atoms with Gasteiger partial charge in [-0.05, 0) is 24.3 Å². The van der Waals surface area contributed by atoms with Gasteiger partial charge in [-0.3, -0.25) is 5.43 Å². The summed E-state index contributed by atoms with van der Waals surface area (Å²) in [4.78, 5) is 4.30. The molecule has 1 aromatic heterocycles. The number of nitrogen functional groups attached to an aromatic ring is 1. The van der Waals surface area contributed by atoms with Crippen LogP contribution in [0.1, 0.15) is 0 Å². The zero-order valence-corrected chi connectivity index (χ0v) is 10.3. The highest BCUT2D eigenvalue weighted by molar-refractivity contribution is 7.14. The van der Waals surface area contributed by atoms with Gasteiger partial charge in [0.05, 0.1) is 12.8 Å². The van der Waals surface area contributed by atoms with Crippen molar-refractivity contribution >= 4 is 28.9 Å². The van der Waals surface area contributed by atoms with Gasteiger partial charge in [0.25, 0.3) is 0 Å². The van der Waals surface area contributed by atoms with Gasteiger partial charge in [0.15, 0.2) is 5.13 Å². The minimum absolute atomic E-state index is 0. The Morgan fingerprint density at radius 3 is 2.50 bits per heavy atom. The Bertz CT molecular complexity index is 444. The maximum absolute atomic E-state index is 5.26. The summed E-state index contributed by atoms with van der Waals surface area (Å²) in [5.41, 5.74) is 4.48. The molecule has 0 aliphatic carbocycles. The number of hydrogen-bond donors (Lipinski definition) is 2. The quantitative estimate of drug-likeness (QED) is 0.655. The van der Waals surface area contributed by atoms with Gasteiger partial charge in [0.2, 0.25) is 0 Å². The van der Waals surface area contributed by atoms with Gasteiger partial charge in [0, 0.05) is 10.9 Å². The lowest BCUT2D eigenvalue weighted by Crippen LogP contribution is -2.05. The lowest BCUT2D eigenvalue weighted by Gasteiger charge is -2.00. The normalized spacial score (nSPS) is 9.38. The number of aromatic nitrogens is 1. The Hall–Kier alpha value is -1.30. The SMILES string of the molecule is COc1ccc(-c2csc(NN)n2)cc1.Cl. The third kappa shape index (κ3) is 2.63. The number of benzene rings is 1. The van der Waals surface area contributed by atoms with E-state index < -0.39 is 0 Å². The first-order chi connectivity index (χ1) is 7.33. The lowest BCUT2D eigenvalue weighted by atomic mass is 10.2. The summed E-state index contributed by atoms with van der Waals surface area (Å²) in [7, 11) is 1.65. The molecule has 0 saturated carbocycles. The molecule has 2 aromatic rings. The van der Waals surface area contributed by atoms with Crippen molar-refractivity contribution in [3.8, 4) is 17.0 Å². The van der Waals surface area contributed by atoms with E-state index in [9.17, 15) is 0 Å². The average molecular weight is 258 g/mol. The van der Waals surface area contributed by atoms with Crippen LogP contribution >= 0.6 is 23.7 Å². The zero-order valence-electron chi connectivity index (χ0n) is 8.64. The van der Waals surface area contributed by atoms with Crippen LogP contribution < -0.4 is 16.0 Å². The van der Waals surface area contributed by atoms with Crippen LogP contribution in [0.2, 0.25) is 0 Å². The largest absolute Gasteiger partial charge is 0.497 e. The van der Waals surface area contributed by atoms with Crippen LogP contribution in [-0.2, 0) is 0 Å². The molecule has 0 fully saturated rings. The minimum atomic E-state index is 0. The summed E-state index contributed by atoms with van der Waals surface area (Å²) in [5.74, 6) is 6.10. The molecule has 0 spiro atoms. The van der Waals surface area contributed by atoms with Gasteiger partial charge < -0.3 is 4.74 Å². The van der Waals surface area contributed by atoms with Gasteiger partial charge in [-0.15, -0.1) is 23.7 Å². The number of halogens is 1. The molecule has 2 rings (SSSR count). The molecule has 0 aliphatic rings. The van der Waals surface area contributed by atoms with E-state index in [-0.39, 0.29) is 12.4 Å². The number of rotatable bonds is 3. The molecule has 0 amide bonds. The molecule has 1 aromatic carbocycles. The van der Waals surface area contributed by atoms with Crippen LogP contribution in [0, 0.1) is 0 Å². The Balaban J connectivity index is 0.00000128. The van der Waals surface area contributed by atoms with Crippen LogP contribution in [0.5, 0.6) is 5.75 Å². The fourth-order valence-electron chi connectivity index (χ4n) is 1.23. The number of nitrogens with zero attached hydrogens (tertiary/aromatic N) is 1. The van der Waals surface area contributed by atoms with Crippen LogP contribution in [0.15, 0.2) is 29.6 Å². The zero-order chi connectivity index (χ0) is 10.7. The van der Waals surface area contributed by atoms with Gasteiger partial charge in [-0.1, -0.05) is 0 Å². The summed E-state index contributed by atoms with van der Waals surface area (Å²) >= 11 is 1.48. The van der Waals surface area contributed by atoms with E-state index in [1.807, 2.05) is 29.6 Å². The van der Waals surface area contributed by atoms with Gasteiger partial charge in [0.1, 0.15) is 5.75 Å². The number of hydrogen-bond acceptors (Lipinski definition) is 5. The number of anilines is 1. The third-order valence-corrected chi connectivity index (χ3v) is 2.79. The van der Waals surface area contributed by atoms with Crippen LogP contribution in [0.3, 0.4) is 0 Å². The summed E-state index contributed by atoms with van der Waals surface area (Å²) in [6, 6.07) is 7.75. The first-order valence-electron chi connectivity index (χ1n) is 4.40. The number of nitrogens with two attached hydrogens (primary N) is 1. The fraction of sp³-hybridized carbons (Fsp3) is 0.100. The average Bonchev–Trinajstić information content (AvgIpc) is 2.78. The third-order valence-electron chi connectivity index (χ3n) is 2.01. The van der Waals surface area contributed by atoms with Gasteiger partial charge in [-0.2, -0.15) is 0 Å². The monoisotopic (exact) mass is 257 g/mol. The van der Waals surface area contributed by atoms with E-state index in [1.165, 1.54) is 11.3 Å². The van der Waals surface area contributed by atoms with E-state index in [1.54, 1.807) is 7.11 Å². The highest BCUT2D eigenvalue weighted by atomic mass is 35.5. The number of nitrogens with one attached hydrogen (secondary N) is 1. The van der Waals surface area contributed by atoms with Crippen LogP contribution in [0.25, 0.3) is 11.3 Å². The Morgan fingerprint density at radius 2 is 2.00 bits per heavy atom. The van der Waals surface area contributed by atoms with Crippen molar-refractivity contribution < 1.29 is 4.74 Å². The van der Waals surface area contributed by atoms with Crippen molar-refractivity contribution in [2.24, 2.45) is 5.84 Å². The predicted molar refractivity (Wildman–Crippen MR) is 69.2 cm³/mol. The molecule has 0 radical (unpaired) electrons. The number of ether oxygens (including phenoxy) is 1. The predicted octanol–water partition coefficient (Wildman–Crippen LogP) is 2.53. The topological polar surface area (TPSA) is 60.2 Å². The highest BCUT2D eigenvalue weighted by Gasteiger charge is 2.03. The molecule has 4 nitrogen and oxygen atoms in total. The lowest BCUT2D eigenvalue weighted by molar-refractivity contribution is 0.415. The molecule has 0 bridgehead atoms. The minimum Gasteiger partial charge on any atom is -0.497 e. The number of hydrazine groups is 1. The highest BCUT2D eigenvalue weighted by Crippen LogP contribution is 2.25. The first-order valence-corrected chi connectivity index (χ1v) is 5.28. The van der Waals surface area contributed by atoms with Crippen molar-refractivity contribution in [2.75, 3.05) is 12.5 Å². The molecular weight excluding hydrogens is 246 g/mol. The molecule has 86 valence electrons. The molecule has 0 saturated heterocycles. The van der Waals surface area contributed by atoms with Crippen molar-refractivity contribution in [2.45, 2.75) is 0 Å². The molecule has 0 unspecified atom stereocenters. The molecule has 0 aliphatic heterocycles. The second-order valence-electron chi connectivity index (χ2n) is 2.91. The van der Waals surface area contributed by atoms with Crippen LogP contribution in [-0.4, -0.2) is 12.1 Å². The number of thiazole rings is 1. The van der Waals surface area contributed by atoms with Crippen molar-refractivity contribution in [1.82, 2.24) is 4.98 Å². The summed E-state index contributed by atoms with van der Waals surface area (Å²) in [6.45, 7) is 0. The standard InChI is InChI=1S/C10H11N3OS.ClH/c1-14-8-4-2-7(3-5-8)9-6-15-10(12-9)13-11;/h2-6H,11H2,1H3,(H,12,13);1H. The molecule has 1 heterocycles. The van der Waals surface area contributed by atoms with Crippen molar-refractivity contribution in [1.29, 1.82) is 0 Å². The smallest absolute Gasteiger partial charge is 0.197 e. The molecular formula is C10H12ClN3OS. The number of methoxy groups -OCH3 is 1. The van der Waals surface area contributed by atoms with E-state index in [0.29, 0.717) is 5.13 Å². The molecule has 0 atom stereocenters. The Kier molecular flexibility index (Phi) is 4.54. The second-order valence-corrected chi connectivity index (χ2v) is 3.77. The Labute approximate surface area is 104 Å². The fourth-order valence-corrected chi connectivity index (χ4v) is 1.87. The van der Waals surface area contributed by atoms with E-state index in [4.69, 9.17) is 10.6 Å². The van der Waals surface area contributed by atoms with Gasteiger partial charge in [-0.25, -0.2) is 10.8 Å². The maximum atomic E-state index is 5.26.